The van der Waals surface area contributed by atoms with Gasteiger partial charge in [-0.05, 0) is 106 Å². The number of aliphatic hydroxyl groups is 1. The number of benzene rings is 3. The number of anilines is 1. The Labute approximate surface area is 268 Å². The van der Waals surface area contributed by atoms with Crippen molar-refractivity contribution in [1.82, 2.24) is 4.90 Å². The molecule has 1 aliphatic heterocycles. The molecule has 0 saturated carbocycles. The lowest BCUT2D eigenvalue weighted by Gasteiger charge is -2.37. The summed E-state index contributed by atoms with van der Waals surface area (Å²) < 4.78 is 17.0. The van der Waals surface area contributed by atoms with Crippen LogP contribution in [0.4, 0.5) is 10.5 Å². The zero-order valence-electron chi connectivity index (χ0n) is 26.0. The first-order valence-electron chi connectivity index (χ1n) is 15.2. The van der Waals surface area contributed by atoms with Gasteiger partial charge in [0, 0.05) is 24.0 Å². The zero-order chi connectivity index (χ0) is 32.3. The molecule has 0 radical (unpaired) electrons. The van der Waals surface area contributed by atoms with Crippen LogP contribution in [0, 0.1) is 0 Å². The highest BCUT2D eigenvalue weighted by Gasteiger charge is 2.33. The van der Waals surface area contributed by atoms with E-state index in [0.717, 1.165) is 24.0 Å². The van der Waals surface area contributed by atoms with Crippen molar-refractivity contribution < 1.29 is 33.7 Å². The highest BCUT2D eigenvalue weighted by Crippen LogP contribution is 2.34. The Balaban J connectivity index is 1.37. The number of fused-ring (bicyclic) bond motifs is 1. The predicted molar refractivity (Wildman–Crippen MR) is 171 cm³/mol. The van der Waals surface area contributed by atoms with Gasteiger partial charge in [0.1, 0.15) is 17.1 Å². The molecule has 238 valence electrons. The number of aliphatic hydroxyl groups excluding tert-OH is 1. The van der Waals surface area contributed by atoms with E-state index < -0.39 is 23.8 Å². The van der Waals surface area contributed by atoms with Crippen molar-refractivity contribution in [1.29, 1.82) is 0 Å². The van der Waals surface area contributed by atoms with Gasteiger partial charge in [-0.1, -0.05) is 29.8 Å². The van der Waals surface area contributed by atoms with E-state index in [4.69, 9.17) is 25.8 Å². The minimum atomic E-state index is -0.949. The van der Waals surface area contributed by atoms with Crippen LogP contribution in [0.15, 0.2) is 60.7 Å². The molecule has 0 bridgehead atoms. The number of amides is 2. The summed E-state index contributed by atoms with van der Waals surface area (Å²) in [5, 5.41) is 11.6. The van der Waals surface area contributed by atoms with Crippen LogP contribution < -0.4 is 9.64 Å². The van der Waals surface area contributed by atoms with E-state index in [1.807, 2.05) is 39.0 Å². The van der Waals surface area contributed by atoms with E-state index in [2.05, 4.69) is 0 Å². The number of aryl methyl sites for hydroxylation is 1. The molecule has 1 heterocycles. The highest BCUT2D eigenvalue weighted by atomic mass is 35.5. The first kappa shape index (κ1) is 32.3. The van der Waals surface area contributed by atoms with Crippen LogP contribution in [0.3, 0.4) is 0 Å². The molecule has 1 N–H and O–H groups in total. The van der Waals surface area contributed by atoms with E-state index in [0.29, 0.717) is 53.6 Å². The molecule has 0 aromatic heterocycles. The third-order valence-electron chi connectivity index (χ3n) is 8.03. The SMILES string of the molecule is COC(=O)c1cc(Oc2ccc3c(c2)C[C@@H](N(C[C@H](O)c2cccc(Cl)c2)C(=O)OC(C)(C)C)CC3)ccc1N1CCCC1=O. The number of carbonyl (C=O) groups excluding carboxylic acids is 3. The zero-order valence-corrected chi connectivity index (χ0v) is 26.8. The molecule has 1 aliphatic carbocycles. The standard InChI is InChI=1S/C35H39ClN2O7/c1-35(2,3)45-34(42)38(21-31(39)23-7-5-8-25(36)17-23)26-12-10-22-11-13-27(19-24(22)18-26)44-28-14-15-30(29(20-28)33(41)43-4)37-16-6-9-32(37)40/h5,7-8,11,13-15,17,19-20,26,31,39H,6,9-10,12,16,18,21H2,1-4H3/t26-,31-/m0/s1. The van der Waals surface area contributed by atoms with E-state index in [1.165, 1.54) is 7.11 Å². The Morgan fingerprint density at radius 2 is 1.80 bits per heavy atom. The molecule has 3 aromatic carbocycles. The second-order valence-corrected chi connectivity index (χ2v) is 12.9. The lowest BCUT2D eigenvalue weighted by Crippen LogP contribution is -2.47. The van der Waals surface area contributed by atoms with Gasteiger partial charge in [-0.3, -0.25) is 4.79 Å². The van der Waals surface area contributed by atoms with Crippen molar-refractivity contribution in [2.45, 2.75) is 70.6 Å². The normalized spacial score (nSPS) is 17.0. The smallest absolute Gasteiger partial charge is 0.410 e. The van der Waals surface area contributed by atoms with Gasteiger partial charge in [0.05, 0.1) is 31.0 Å². The Bertz CT molecular complexity index is 1580. The fraction of sp³-hybridized carbons (Fsp3) is 0.400. The van der Waals surface area contributed by atoms with Crippen LogP contribution in [0.25, 0.3) is 0 Å². The van der Waals surface area contributed by atoms with Crippen molar-refractivity contribution in [3.8, 4) is 11.5 Å². The van der Waals surface area contributed by atoms with Gasteiger partial charge in [-0.15, -0.1) is 0 Å². The van der Waals surface area contributed by atoms with Crippen LogP contribution in [-0.2, 0) is 27.1 Å². The van der Waals surface area contributed by atoms with Gasteiger partial charge in [-0.25, -0.2) is 9.59 Å². The second-order valence-electron chi connectivity index (χ2n) is 12.5. The van der Waals surface area contributed by atoms with Gasteiger partial charge in [0.25, 0.3) is 0 Å². The predicted octanol–water partition coefficient (Wildman–Crippen LogP) is 6.87. The maximum Gasteiger partial charge on any atom is 0.410 e. The van der Waals surface area contributed by atoms with Crippen molar-refractivity contribution in [3.63, 3.8) is 0 Å². The van der Waals surface area contributed by atoms with Gasteiger partial charge in [0.2, 0.25) is 5.91 Å². The molecule has 2 amide bonds. The number of carbonyl (C=O) groups is 3. The summed E-state index contributed by atoms with van der Waals surface area (Å²) in [6, 6.07) is 17.6. The fourth-order valence-electron chi connectivity index (χ4n) is 5.87. The molecule has 5 rings (SSSR count). The summed E-state index contributed by atoms with van der Waals surface area (Å²) in [4.78, 5) is 41.7. The van der Waals surface area contributed by atoms with Crippen LogP contribution in [0.2, 0.25) is 5.02 Å². The molecular formula is C35H39ClN2O7. The molecule has 1 fully saturated rings. The monoisotopic (exact) mass is 634 g/mol. The van der Waals surface area contributed by atoms with Gasteiger partial charge < -0.3 is 29.1 Å². The van der Waals surface area contributed by atoms with Crippen LogP contribution >= 0.6 is 11.6 Å². The van der Waals surface area contributed by atoms with E-state index in [9.17, 15) is 19.5 Å². The Kier molecular flexibility index (Phi) is 9.70. The molecule has 10 heteroatoms. The lowest BCUT2D eigenvalue weighted by atomic mass is 9.87. The maximum atomic E-state index is 13.4. The number of hydrogen-bond donors (Lipinski definition) is 1. The van der Waals surface area contributed by atoms with E-state index >= 15 is 0 Å². The average Bonchev–Trinajstić information content (AvgIpc) is 3.43. The minimum Gasteiger partial charge on any atom is -0.465 e. The van der Waals surface area contributed by atoms with Gasteiger partial charge in [0.15, 0.2) is 0 Å². The molecule has 1 saturated heterocycles. The van der Waals surface area contributed by atoms with Crippen molar-refractivity contribution in [3.05, 3.63) is 87.9 Å². The number of ether oxygens (including phenoxy) is 3. The summed E-state index contributed by atoms with van der Waals surface area (Å²) in [7, 11) is 1.31. The van der Waals surface area contributed by atoms with Crippen LogP contribution in [-0.4, -0.2) is 59.8 Å². The van der Waals surface area contributed by atoms with Gasteiger partial charge in [-0.2, -0.15) is 0 Å². The number of rotatable bonds is 8. The fourth-order valence-corrected chi connectivity index (χ4v) is 6.07. The number of nitrogens with zero attached hydrogens (tertiary/aromatic N) is 2. The summed E-state index contributed by atoms with van der Waals surface area (Å²) in [5.41, 5.74) is 2.85. The first-order valence-corrected chi connectivity index (χ1v) is 15.5. The molecule has 2 aliphatic rings. The summed E-state index contributed by atoms with van der Waals surface area (Å²) in [6.07, 6.45) is 1.72. The molecule has 3 aromatic rings. The summed E-state index contributed by atoms with van der Waals surface area (Å²) >= 11 is 6.16. The number of halogens is 1. The van der Waals surface area contributed by atoms with Crippen molar-refractivity contribution in [2.75, 3.05) is 25.1 Å². The first-order chi connectivity index (χ1) is 21.4. The molecule has 2 atom stereocenters. The maximum absolute atomic E-state index is 13.4. The quantitative estimate of drug-likeness (QED) is 0.270. The number of esters is 1. The largest absolute Gasteiger partial charge is 0.465 e. The Hall–Kier alpha value is -4.08. The molecule has 45 heavy (non-hydrogen) atoms. The molecular weight excluding hydrogens is 596 g/mol. The highest BCUT2D eigenvalue weighted by molar-refractivity contribution is 6.30. The molecule has 9 nitrogen and oxygen atoms in total. The van der Waals surface area contributed by atoms with Crippen molar-refractivity contribution in [2.24, 2.45) is 0 Å². The minimum absolute atomic E-state index is 0.0291. The third-order valence-corrected chi connectivity index (χ3v) is 8.26. The third kappa shape index (κ3) is 7.78. The van der Waals surface area contributed by atoms with Crippen LogP contribution in [0.1, 0.15) is 73.2 Å². The van der Waals surface area contributed by atoms with E-state index in [-0.39, 0.29) is 24.1 Å². The average molecular weight is 635 g/mol. The van der Waals surface area contributed by atoms with Gasteiger partial charge >= 0.3 is 12.1 Å². The Morgan fingerprint density at radius 3 is 2.49 bits per heavy atom. The summed E-state index contributed by atoms with van der Waals surface area (Å²) in [6.45, 7) is 6.05. The number of methoxy groups -OCH3 is 1. The molecule has 0 spiro atoms. The number of hydrogen-bond acceptors (Lipinski definition) is 7. The Morgan fingerprint density at radius 1 is 1.04 bits per heavy atom. The topological polar surface area (TPSA) is 106 Å². The summed E-state index contributed by atoms with van der Waals surface area (Å²) in [5.74, 6) is 0.417. The second kappa shape index (κ2) is 13.5. The lowest BCUT2D eigenvalue weighted by molar-refractivity contribution is -0.117. The van der Waals surface area contributed by atoms with E-state index in [1.54, 1.807) is 52.3 Å². The molecule has 0 unspecified atom stereocenters. The van der Waals surface area contributed by atoms with Crippen molar-refractivity contribution >= 4 is 35.3 Å². The van der Waals surface area contributed by atoms with Crippen LogP contribution in [0.5, 0.6) is 11.5 Å².